The van der Waals surface area contributed by atoms with Gasteiger partial charge in [0.25, 0.3) is 5.91 Å². The molecule has 0 bridgehead atoms. The molecule has 2 heterocycles. The van der Waals surface area contributed by atoms with E-state index in [0.29, 0.717) is 36.8 Å². The highest BCUT2D eigenvalue weighted by Crippen LogP contribution is 2.33. The largest absolute Gasteiger partial charge is 0.486 e. The van der Waals surface area contributed by atoms with Crippen LogP contribution in [0.3, 0.4) is 0 Å². The second-order valence-corrected chi connectivity index (χ2v) is 6.44. The molecule has 1 aromatic heterocycles. The topological polar surface area (TPSA) is 65.4 Å². The van der Waals surface area contributed by atoms with Gasteiger partial charge in [-0.1, -0.05) is 30.3 Å². The minimum Gasteiger partial charge on any atom is -0.486 e. The first-order chi connectivity index (χ1) is 13.2. The zero-order valence-electron chi connectivity index (χ0n) is 15.1. The fraction of sp³-hybridized carbons (Fsp3) is 0.238. The van der Waals surface area contributed by atoms with Crippen molar-refractivity contribution in [1.82, 2.24) is 15.1 Å². The van der Waals surface area contributed by atoms with Crippen LogP contribution in [0.4, 0.5) is 0 Å². The van der Waals surface area contributed by atoms with Crippen LogP contribution >= 0.6 is 0 Å². The Morgan fingerprint density at radius 2 is 1.93 bits per heavy atom. The predicted octanol–water partition coefficient (Wildman–Crippen LogP) is 2.83. The summed E-state index contributed by atoms with van der Waals surface area (Å²) in [5, 5.41) is 7.15. The zero-order valence-corrected chi connectivity index (χ0v) is 15.1. The number of fused-ring (bicyclic) bond motifs is 1. The number of para-hydroxylation sites is 1. The third kappa shape index (κ3) is 3.79. The van der Waals surface area contributed by atoms with Crippen molar-refractivity contribution in [3.63, 3.8) is 0 Å². The predicted molar refractivity (Wildman–Crippen MR) is 102 cm³/mol. The maximum Gasteiger partial charge on any atom is 0.255 e. The van der Waals surface area contributed by atoms with E-state index < -0.39 is 0 Å². The molecule has 27 heavy (non-hydrogen) atoms. The Labute approximate surface area is 157 Å². The highest BCUT2D eigenvalue weighted by atomic mass is 16.6. The quantitative estimate of drug-likeness (QED) is 0.757. The molecular formula is C21H21N3O3. The zero-order chi connectivity index (χ0) is 18.6. The van der Waals surface area contributed by atoms with E-state index in [9.17, 15) is 4.79 Å². The highest BCUT2D eigenvalue weighted by Gasteiger charge is 2.19. The number of amides is 1. The molecule has 2 aromatic carbocycles. The summed E-state index contributed by atoms with van der Waals surface area (Å²) in [5.74, 6) is 1.01. The molecule has 1 N–H and O–H groups in total. The minimum atomic E-state index is -0.149. The molecule has 3 aromatic rings. The molecule has 138 valence electrons. The van der Waals surface area contributed by atoms with Gasteiger partial charge in [0.05, 0.1) is 11.8 Å². The van der Waals surface area contributed by atoms with Crippen LogP contribution in [0.2, 0.25) is 0 Å². The molecule has 4 rings (SSSR count). The van der Waals surface area contributed by atoms with E-state index in [2.05, 4.69) is 34.7 Å². The Kier molecular flexibility index (Phi) is 4.78. The van der Waals surface area contributed by atoms with Gasteiger partial charge in [-0.2, -0.15) is 5.10 Å². The molecule has 0 atom stereocenters. The summed E-state index contributed by atoms with van der Waals surface area (Å²) in [6, 6.07) is 13.7. The van der Waals surface area contributed by atoms with E-state index >= 15 is 0 Å². The molecule has 6 heteroatoms. The SMILES string of the molecule is Cn1cc(-c2ccc(CCNC(=O)c3cccc4c3OCCO4)cc2)cn1. The van der Waals surface area contributed by atoms with Crippen molar-refractivity contribution in [2.45, 2.75) is 6.42 Å². The van der Waals surface area contributed by atoms with Gasteiger partial charge in [0.2, 0.25) is 0 Å². The standard InChI is InChI=1S/C21H21N3O3/c1-24-14-17(13-23-24)16-7-5-15(6-8-16)9-10-22-21(25)18-3-2-4-19-20(18)27-12-11-26-19/h2-8,13-14H,9-12H2,1H3,(H,22,25). The van der Waals surface area contributed by atoms with Crippen LogP contribution in [0.5, 0.6) is 11.5 Å². The van der Waals surface area contributed by atoms with Gasteiger partial charge in [0.15, 0.2) is 11.5 Å². The van der Waals surface area contributed by atoms with Crippen LogP contribution in [0.15, 0.2) is 54.9 Å². The highest BCUT2D eigenvalue weighted by molar-refractivity contribution is 5.97. The van der Waals surface area contributed by atoms with Crippen molar-refractivity contribution in [2.24, 2.45) is 7.05 Å². The normalized spacial score (nSPS) is 12.6. The van der Waals surface area contributed by atoms with Crippen LogP contribution < -0.4 is 14.8 Å². The van der Waals surface area contributed by atoms with Crippen molar-refractivity contribution in [2.75, 3.05) is 19.8 Å². The van der Waals surface area contributed by atoms with E-state index in [1.165, 1.54) is 0 Å². The van der Waals surface area contributed by atoms with Crippen LogP contribution in [-0.2, 0) is 13.5 Å². The molecule has 0 aliphatic carbocycles. The molecule has 6 nitrogen and oxygen atoms in total. The van der Waals surface area contributed by atoms with Gasteiger partial charge >= 0.3 is 0 Å². The van der Waals surface area contributed by atoms with Crippen molar-refractivity contribution in [1.29, 1.82) is 0 Å². The lowest BCUT2D eigenvalue weighted by molar-refractivity contribution is 0.0943. The van der Waals surface area contributed by atoms with E-state index in [1.807, 2.05) is 25.5 Å². The average Bonchev–Trinajstić information content (AvgIpc) is 3.14. The van der Waals surface area contributed by atoms with Crippen molar-refractivity contribution in [3.05, 3.63) is 66.0 Å². The maximum atomic E-state index is 12.5. The Morgan fingerprint density at radius 1 is 1.11 bits per heavy atom. The first-order valence-electron chi connectivity index (χ1n) is 8.95. The number of aromatic nitrogens is 2. The number of carbonyl (C=O) groups is 1. The fourth-order valence-electron chi connectivity index (χ4n) is 3.10. The van der Waals surface area contributed by atoms with Gasteiger partial charge in [-0.3, -0.25) is 9.48 Å². The number of carbonyl (C=O) groups excluding carboxylic acids is 1. The number of hydrogen-bond donors (Lipinski definition) is 1. The molecule has 1 amide bonds. The van der Waals surface area contributed by atoms with Crippen molar-refractivity contribution in [3.8, 4) is 22.6 Å². The number of nitrogens with one attached hydrogen (secondary N) is 1. The number of nitrogens with zero attached hydrogens (tertiary/aromatic N) is 2. The van der Waals surface area contributed by atoms with Crippen molar-refractivity contribution < 1.29 is 14.3 Å². The molecule has 1 aliphatic heterocycles. The molecule has 0 fully saturated rings. The van der Waals surface area contributed by atoms with Crippen LogP contribution in [0.1, 0.15) is 15.9 Å². The number of ether oxygens (including phenoxy) is 2. The van der Waals surface area contributed by atoms with Gasteiger partial charge in [-0.05, 0) is 29.7 Å². The van der Waals surface area contributed by atoms with E-state index in [4.69, 9.17) is 9.47 Å². The van der Waals surface area contributed by atoms with Gasteiger partial charge in [-0.15, -0.1) is 0 Å². The van der Waals surface area contributed by atoms with Crippen LogP contribution in [0, 0.1) is 0 Å². The van der Waals surface area contributed by atoms with Crippen LogP contribution in [-0.4, -0.2) is 35.4 Å². The fourth-order valence-corrected chi connectivity index (χ4v) is 3.10. The van der Waals surface area contributed by atoms with Gasteiger partial charge in [0, 0.05) is 25.4 Å². The first kappa shape index (κ1) is 17.1. The lowest BCUT2D eigenvalue weighted by Crippen LogP contribution is -2.27. The van der Waals surface area contributed by atoms with E-state index in [0.717, 1.165) is 23.1 Å². The van der Waals surface area contributed by atoms with Gasteiger partial charge < -0.3 is 14.8 Å². The minimum absolute atomic E-state index is 0.149. The second-order valence-electron chi connectivity index (χ2n) is 6.44. The summed E-state index contributed by atoms with van der Waals surface area (Å²) in [5.41, 5.74) is 3.90. The monoisotopic (exact) mass is 363 g/mol. The van der Waals surface area contributed by atoms with Gasteiger partial charge in [0.1, 0.15) is 13.2 Å². The summed E-state index contributed by atoms with van der Waals surface area (Å²) in [6.07, 6.45) is 4.59. The van der Waals surface area contributed by atoms with Gasteiger partial charge in [-0.25, -0.2) is 0 Å². The summed E-state index contributed by atoms with van der Waals surface area (Å²) >= 11 is 0. The van der Waals surface area contributed by atoms with Crippen LogP contribution in [0.25, 0.3) is 11.1 Å². The van der Waals surface area contributed by atoms with E-state index in [-0.39, 0.29) is 5.91 Å². The Bertz CT molecular complexity index is 948. The second kappa shape index (κ2) is 7.53. The smallest absolute Gasteiger partial charge is 0.255 e. The molecule has 0 spiro atoms. The first-order valence-corrected chi connectivity index (χ1v) is 8.95. The lowest BCUT2D eigenvalue weighted by atomic mass is 10.1. The molecule has 0 saturated heterocycles. The summed E-state index contributed by atoms with van der Waals surface area (Å²) < 4.78 is 12.9. The molecule has 0 radical (unpaired) electrons. The van der Waals surface area contributed by atoms with Crippen molar-refractivity contribution >= 4 is 5.91 Å². The maximum absolute atomic E-state index is 12.5. The number of aryl methyl sites for hydroxylation is 1. The van der Waals surface area contributed by atoms with E-state index in [1.54, 1.807) is 16.8 Å². The lowest BCUT2D eigenvalue weighted by Gasteiger charge is -2.20. The molecular weight excluding hydrogens is 342 g/mol. The molecule has 0 saturated carbocycles. The third-order valence-corrected chi connectivity index (χ3v) is 4.50. The Hall–Kier alpha value is -3.28. The third-order valence-electron chi connectivity index (χ3n) is 4.50. The number of rotatable bonds is 5. The summed E-state index contributed by atoms with van der Waals surface area (Å²) in [7, 11) is 1.90. The number of hydrogen-bond acceptors (Lipinski definition) is 4. The summed E-state index contributed by atoms with van der Waals surface area (Å²) in [6.45, 7) is 1.52. The Morgan fingerprint density at radius 3 is 2.70 bits per heavy atom. The molecule has 1 aliphatic rings. The average molecular weight is 363 g/mol. The number of benzene rings is 2. The Balaban J connectivity index is 1.35. The molecule has 0 unspecified atom stereocenters. The summed E-state index contributed by atoms with van der Waals surface area (Å²) in [4.78, 5) is 12.5.